The van der Waals surface area contributed by atoms with Gasteiger partial charge in [0, 0.05) is 13.3 Å². The maximum atomic E-state index is 11.4. The summed E-state index contributed by atoms with van der Waals surface area (Å²) in [5, 5.41) is 21.1. The molecule has 8 heteroatoms. The van der Waals surface area contributed by atoms with Gasteiger partial charge in [0.2, 0.25) is 11.8 Å². The minimum atomic E-state index is -1.22. The highest BCUT2D eigenvalue weighted by atomic mass is 16.4. The van der Waals surface area contributed by atoms with Crippen molar-refractivity contribution in [2.75, 3.05) is 6.54 Å². The molecule has 0 bridgehead atoms. The van der Waals surface area contributed by atoms with Gasteiger partial charge in [0.1, 0.15) is 12.6 Å². The van der Waals surface area contributed by atoms with Crippen LogP contribution in [-0.2, 0) is 19.2 Å². The standard InChI is InChI=1S/C9H14N2O6/c1-5(12)11-6(2-3-7(13)14)9(17)10-4-8(15)16/h6H,2-4H2,1H3,(H,10,17)(H,11,12)(H,13,14)(H,15,16)/t6-/m0/s1. The molecular formula is C9H14N2O6. The van der Waals surface area contributed by atoms with Crippen LogP contribution in [0, 0.1) is 0 Å². The summed E-state index contributed by atoms with van der Waals surface area (Å²) < 4.78 is 0. The lowest BCUT2D eigenvalue weighted by Crippen LogP contribution is -2.47. The second-order valence-corrected chi connectivity index (χ2v) is 3.30. The Kier molecular flexibility index (Phi) is 6.30. The lowest BCUT2D eigenvalue weighted by atomic mass is 10.1. The number of carboxylic acid groups (broad SMARTS) is 2. The molecule has 0 fully saturated rings. The highest BCUT2D eigenvalue weighted by molar-refractivity contribution is 5.89. The molecule has 0 aromatic rings. The van der Waals surface area contributed by atoms with Gasteiger partial charge in [0.25, 0.3) is 0 Å². The number of hydrogen-bond acceptors (Lipinski definition) is 4. The minimum Gasteiger partial charge on any atom is -0.481 e. The van der Waals surface area contributed by atoms with Crippen molar-refractivity contribution in [3.05, 3.63) is 0 Å². The Labute approximate surface area is 97.0 Å². The normalized spacial score (nSPS) is 11.4. The van der Waals surface area contributed by atoms with Crippen LogP contribution in [0.15, 0.2) is 0 Å². The van der Waals surface area contributed by atoms with E-state index in [1.54, 1.807) is 0 Å². The average molecular weight is 246 g/mol. The Morgan fingerprint density at radius 3 is 2.12 bits per heavy atom. The van der Waals surface area contributed by atoms with E-state index in [1.165, 1.54) is 6.92 Å². The molecule has 0 rings (SSSR count). The quantitative estimate of drug-likeness (QED) is 0.434. The number of aliphatic carboxylic acids is 2. The minimum absolute atomic E-state index is 0.0969. The van der Waals surface area contributed by atoms with Gasteiger partial charge in [-0.1, -0.05) is 0 Å². The zero-order valence-electron chi connectivity index (χ0n) is 9.23. The summed E-state index contributed by atoms with van der Waals surface area (Å²) in [6.45, 7) is 0.597. The predicted molar refractivity (Wildman–Crippen MR) is 55.1 cm³/mol. The molecule has 96 valence electrons. The molecule has 0 aliphatic carbocycles. The van der Waals surface area contributed by atoms with Gasteiger partial charge in [0.15, 0.2) is 0 Å². The van der Waals surface area contributed by atoms with Crippen molar-refractivity contribution < 1.29 is 29.4 Å². The number of hydrogen-bond donors (Lipinski definition) is 4. The molecule has 0 aliphatic rings. The summed E-state index contributed by atoms with van der Waals surface area (Å²) in [5.74, 6) is -3.54. The smallest absolute Gasteiger partial charge is 0.322 e. The van der Waals surface area contributed by atoms with E-state index < -0.39 is 36.3 Å². The molecule has 0 aromatic heterocycles. The van der Waals surface area contributed by atoms with Crippen molar-refractivity contribution in [3.63, 3.8) is 0 Å². The molecule has 17 heavy (non-hydrogen) atoms. The molecule has 0 saturated carbocycles. The van der Waals surface area contributed by atoms with E-state index in [9.17, 15) is 19.2 Å². The van der Waals surface area contributed by atoms with Crippen molar-refractivity contribution in [1.29, 1.82) is 0 Å². The molecular weight excluding hydrogens is 232 g/mol. The van der Waals surface area contributed by atoms with Gasteiger partial charge in [-0.2, -0.15) is 0 Å². The van der Waals surface area contributed by atoms with Crippen LogP contribution >= 0.6 is 0 Å². The summed E-state index contributed by atoms with van der Waals surface area (Å²) in [7, 11) is 0. The van der Waals surface area contributed by atoms with E-state index in [0.717, 1.165) is 0 Å². The third-order valence-electron chi connectivity index (χ3n) is 1.75. The van der Waals surface area contributed by atoms with Crippen molar-refractivity contribution in [2.24, 2.45) is 0 Å². The number of rotatable bonds is 7. The maximum absolute atomic E-state index is 11.4. The molecule has 0 radical (unpaired) electrons. The Morgan fingerprint density at radius 2 is 1.71 bits per heavy atom. The van der Waals surface area contributed by atoms with Crippen LogP contribution in [0.3, 0.4) is 0 Å². The largest absolute Gasteiger partial charge is 0.481 e. The fourth-order valence-electron chi connectivity index (χ4n) is 1.07. The van der Waals surface area contributed by atoms with E-state index in [-0.39, 0.29) is 12.8 Å². The van der Waals surface area contributed by atoms with Crippen LogP contribution < -0.4 is 10.6 Å². The Hall–Kier alpha value is -2.12. The zero-order valence-corrected chi connectivity index (χ0v) is 9.23. The number of carboxylic acids is 2. The SMILES string of the molecule is CC(=O)N[C@@H](CCC(=O)O)C(=O)NCC(=O)O. The topological polar surface area (TPSA) is 133 Å². The fraction of sp³-hybridized carbons (Fsp3) is 0.556. The van der Waals surface area contributed by atoms with Crippen molar-refractivity contribution in [3.8, 4) is 0 Å². The van der Waals surface area contributed by atoms with Crippen LogP contribution in [0.1, 0.15) is 19.8 Å². The van der Waals surface area contributed by atoms with Gasteiger partial charge < -0.3 is 20.8 Å². The summed E-state index contributed by atoms with van der Waals surface area (Å²) in [5.41, 5.74) is 0. The second kappa shape index (κ2) is 7.20. The summed E-state index contributed by atoms with van der Waals surface area (Å²) in [6.07, 6.45) is -0.397. The van der Waals surface area contributed by atoms with Gasteiger partial charge in [-0.3, -0.25) is 19.2 Å². The first-order chi connectivity index (χ1) is 7.82. The molecule has 4 N–H and O–H groups in total. The third kappa shape index (κ3) is 7.77. The maximum Gasteiger partial charge on any atom is 0.322 e. The fourth-order valence-corrected chi connectivity index (χ4v) is 1.07. The first-order valence-electron chi connectivity index (χ1n) is 4.81. The first kappa shape index (κ1) is 14.9. The van der Waals surface area contributed by atoms with Crippen LogP contribution in [0.5, 0.6) is 0 Å². The Morgan fingerprint density at radius 1 is 1.12 bits per heavy atom. The molecule has 8 nitrogen and oxygen atoms in total. The highest BCUT2D eigenvalue weighted by Crippen LogP contribution is 1.98. The zero-order chi connectivity index (χ0) is 13.4. The number of carbonyl (C=O) groups excluding carboxylic acids is 2. The number of nitrogens with one attached hydrogen (secondary N) is 2. The van der Waals surface area contributed by atoms with Gasteiger partial charge >= 0.3 is 11.9 Å². The van der Waals surface area contributed by atoms with E-state index in [0.29, 0.717) is 0 Å². The van der Waals surface area contributed by atoms with Crippen LogP contribution in [0.2, 0.25) is 0 Å². The highest BCUT2D eigenvalue weighted by Gasteiger charge is 2.20. The molecule has 0 unspecified atom stereocenters. The Bertz CT molecular complexity index is 327. The summed E-state index contributed by atoms with van der Waals surface area (Å²) >= 11 is 0. The monoisotopic (exact) mass is 246 g/mol. The summed E-state index contributed by atoms with van der Waals surface area (Å²) in [6, 6.07) is -1.04. The summed E-state index contributed by atoms with van der Waals surface area (Å²) in [4.78, 5) is 42.8. The number of amides is 2. The van der Waals surface area contributed by atoms with E-state index >= 15 is 0 Å². The van der Waals surface area contributed by atoms with Crippen molar-refractivity contribution in [1.82, 2.24) is 10.6 Å². The van der Waals surface area contributed by atoms with Gasteiger partial charge in [-0.25, -0.2) is 0 Å². The first-order valence-corrected chi connectivity index (χ1v) is 4.81. The number of carbonyl (C=O) groups is 4. The van der Waals surface area contributed by atoms with Crippen LogP contribution in [0.25, 0.3) is 0 Å². The van der Waals surface area contributed by atoms with Crippen molar-refractivity contribution in [2.45, 2.75) is 25.8 Å². The molecule has 0 aliphatic heterocycles. The lowest BCUT2D eigenvalue weighted by Gasteiger charge is -2.15. The van der Waals surface area contributed by atoms with E-state index in [4.69, 9.17) is 10.2 Å². The van der Waals surface area contributed by atoms with Gasteiger partial charge in [0.05, 0.1) is 0 Å². The van der Waals surface area contributed by atoms with Gasteiger partial charge in [-0.05, 0) is 6.42 Å². The molecule has 0 aromatic carbocycles. The molecule has 1 atom stereocenters. The lowest BCUT2D eigenvalue weighted by molar-refractivity contribution is -0.140. The molecule has 0 saturated heterocycles. The van der Waals surface area contributed by atoms with Crippen LogP contribution in [0.4, 0.5) is 0 Å². The molecule has 0 spiro atoms. The molecule has 2 amide bonds. The van der Waals surface area contributed by atoms with E-state index in [1.807, 2.05) is 0 Å². The average Bonchev–Trinajstić information content (AvgIpc) is 2.19. The van der Waals surface area contributed by atoms with Crippen molar-refractivity contribution >= 4 is 23.8 Å². The van der Waals surface area contributed by atoms with Crippen LogP contribution in [-0.4, -0.2) is 46.6 Å². The molecule has 0 heterocycles. The second-order valence-electron chi connectivity index (χ2n) is 3.30. The van der Waals surface area contributed by atoms with Gasteiger partial charge in [-0.15, -0.1) is 0 Å². The predicted octanol–water partition coefficient (Wildman–Crippen LogP) is -1.44. The van der Waals surface area contributed by atoms with E-state index in [2.05, 4.69) is 10.6 Å². The Balaban J connectivity index is 4.33. The third-order valence-corrected chi connectivity index (χ3v) is 1.75.